The van der Waals surface area contributed by atoms with Crippen molar-refractivity contribution in [3.05, 3.63) is 29.3 Å². The predicted octanol–water partition coefficient (Wildman–Crippen LogP) is 2.18. The smallest absolute Gasteiger partial charge is 0.330 e. The number of phenols is 1. The molecule has 0 aliphatic heterocycles. The van der Waals surface area contributed by atoms with E-state index in [4.69, 9.17) is 9.47 Å². The molecule has 0 aliphatic carbocycles. The van der Waals surface area contributed by atoms with Crippen LogP contribution in [0.2, 0.25) is 0 Å². The van der Waals surface area contributed by atoms with Gasteiger partial charge in [-0.05, 0) is 31.6 Å². The Hall–Kier alpha value is -2.30. The quantitative estimate of drug-likeness (QED) is 0.501. The molecule has 0 bridgehead atoms. The van der Waals surface area contributed by atoms with Crippen molar-refractivity contribution in [2.24, 2.45) is 0 Å². The molecule has 5 nitrogen and oxygen atoms in total. The Kier molecular flexibility index (Phi) is 5.11. The van der Waals surface area contributed by atoms with Crippen LogP contribution in [0, 0.1) is 0 Å². The Bertz CT molecular complexity index is 517. The maximum absolute atomic E-state index is 11.6. The van der Waals surface area contributed by atoms with Crippen molar-refractivity contribution in [1.82, 2.24) is 0 Å². The molecule has 0 amide bonds. The average molecular weight is 264 g/mol. The van der Waals surface area contributed by atoms with Crippen LogP contribution < -0.4 is 4.74 Å². The summed E-state index contributed by atoms with van der Waals surface area (Å²) >= 11 is 0. The molecular formula is C14H16O5. The molecule has 0 unspecified atom stereocenters. The van der Waals surface area contributed by atoms with E-state index in [1.165, 1.54) is 38.3 Å². The summed E-state index contributed by atoms with van der Waals surface area (Å²) in [5.41, 5.74) is 0.707. The van der Waals surface area contributed by atoms with Gasteiger partial charge in [-0.15, -0.1) is 0 Å². The molecule has 0 aliphatic rings. The molecule has 0 aromatic heterocycles. The fraction of sp³-hybridized carbons (Fsp3) is 0.286. The molecule has 0 heterocycles. The Morgan fingerprint density at radius 3 is 2.58 bits per heavy atom. The molecule has 1 aromatic rings. The number of phenolic OH excluding ortho intramolecular Hbond substituents is 1. The minimum absolute atomic E-state index is 0.0958. The normalized spacial score (nSPS) is 10.5. The summed E-state index contributed by atoms with van der Waals surface area (Å²) in [6.07, 6.45) is 2.68. The lowest BCUT2D eigenvalue weighted by atomic mass is 10.0. The number of carbonyl (C=O) groups excluding carboxylic acids is 2. The molecule has 0 radical (unpaired) electrons. The van der Waals surface area contributed by atoms with E-state index in [2.05, 4.69) is 0 Å². The third kappa shape index (κ3) is 3.58. The number of methoxy groups -OCH3 is 1. The number of ether oxygens (including phenoxy) is 2. The molecule has 102 valence electrons. The minimum Gasteiger partial charge on any atom is -0.504 e. The lowest BCUT2D eigenvalue weighted by molar-refractivity contribution is -0.137. The number of aromatic hydroxyl groups is 1. The number of carbonyl (C=O) groups is 2. The van der Waals surface area contributed by atoms with Gasteiger partial charge < -0.3 is 14.6 Å². The molecule has 0 spiro atoms. The molecular weight excluding hydrogens is 248 g/mol. The van der Waals surface area contributed by atoms with Gasteiger partial charge in [-0.3, -0.25) is 4.79 Å². The zero-order valence-electron chi connectivity index (χ0n) is 11.1. The van der Waals surface area contributed by atoms with Crippen LogP contribution in [-0.2, 0) is 9.53 Å². The number of hydrogen-bond acceptors (Lipinski definition) is 5. The van der Waals surface area contributed by atoms with Crippen LogP contribution in [-0.4, -0.2) is 30.6 Å². The summed E-state index contributed by atoms with van der Waals surface area (Å²) in [5.74, 6) is -0.792. The molecule has 0 saturated carbocycles. The molecule has 5 heteroatoms. The van der Waals surface area contributed by atoms with Crippen LogP contribution in [0.25, 0.3) is 6.08 Å². The number of Topliss-reactive ketones (excluding diaryl/α,β-unsaturated/α-hetero) is 1. The summed E-state index contributed by atoms with van der Waals surface area (Å²) in [4.78, 5) is 22.9. The summed E-state index contributed by atoms with van der Waals surface area (Å²) in [6.45, 7) is 3.34. The van der Waals surface area contributed by atoms with Gasteiger partial charge in [-0.25, -0.2) is 4.79 Å². The van der Waals surface area contributed by atoms with E-state index in [1.54, 1.807) is 6.92 Å². The second-order valence-electron chi connectivity index (χ2n) is 3.72. The second-order valence-corrected chi connectivity index (χ2v) is 3.72. The lowest BCUT2D eigenvalue weighted by Crippen LogP contribution is -2.02. The van der Waals surface area contributed by atoms with E-state index >= 15 is 0 Å². The topological polar surface area (TPSA) is 72.8 Å². The van der Waals surface area contributed by atoms with Crippen molar-refractivity contribution in [2.75, 3.05) is 13.7 Å². The molecule has 0 saturated heterocycles. The third-order valence-electron chi connectivity index (χ3n) is 2.41. The zero-order valence-corrected chi connectivity index (χ0v) is 11.1. The van der Waals surface area contributed by atoms with Crippen LogP contribution in [0.3, 0.4) is 0 Å². The van der Waals surface area contributed by atoms with Gasteiger partial charge in [0.15, 0.2) is 17.3 Å². The minimum atomic E-state index is -0.496. The number of hydrogen-bond donors (Lipinski definition) is 1. The Labute approximate surface area is 111 Å². The molecule has 1 rings (SSSR count). The van der Waals surface area contributed by atoms with Crippen LogP contribution in [0.1, 0.15) is 29.8 Å². The van der Waals surface area contributed by atoms with Crippen molar-refractivity contribution in [2.45, 2.75) is 13.8 Å². The lowest BCUT2D eigenvalue weighted by Gasteiger charge is -2.10. The van der Waals surface area contributed by atoms with E-state index in [-0.39, 0.29) is 29.5 Å². The largest absolute Gasteiger partial charge is 0.504 e. The molecule has 1 N–H and O–H groups in total. The van der Waals surface area contributed by atoms with E-state index in [1.807, 2.05) is 0 Å². The van der Waals surface area contributed by atoms with Gasteiger partial charge >= 0.3 is 5.97 Å². The second kappa shape index (κ2) is 6.58. The third-order valence-corrected chi connectivity index (χ3v) is 2.41. The Morgan fingerprint density at radius 2 is 2.05 bits per heavy atom. The molecule has 1 aromatic carbocycles. The van der Waals surface area contributed by atoms with Gasteiger partial charge in [0, 0.05) is 6.08 Å². The highest BCUT2D eigenvalue weighted by Gasteiger charge is 2.16. The zero-order chi connectivity index (χ0) is 14.4. The van der Waals surface area contributed by atoms with E-state index < -0.39 is 5.97 Å². The first-order chi connectivity index (χ1) is 9.01. The first-order valence-corrected chi connectivity index (χ1v) is 5.77. The molecule has 19 heavy (non-hydrogen) atoms. The summed E-state index contributed by atoms with van der Waals surface area (Å²) in [6, 6.07) is 2.93. The number of esters is 1. The van der Waals surface area contributed by atoms with E-state index in [0.29, 0.717) is 5.56 Å². The van der Waals surface area contributed by atoms with Crippen molar-refractivity contribution >= 4 is 17.8 Å². The standard InChI is InChI=1S/C14H16O5/c1-4-19-12(17)8-6-10-5-7-11(16)14(18-3)13(10)9(2)15/h5-8,16H,4H2,1-3H3/b8-6+. The van der Waals surface area contributed by atoms with Crippen molar-refractivity contribution < 1.29 is 24.2 Å². The van der Waals surface area contributed by atoms with Crippen molar-refractivity contribution in [3.8, 4) is 11.5 Å². The number of ketones is 1. The monoisotopic (exact) mass is 264 g/mol. The highest BCUT2D eigenvalue weighted by Crippen LogP contribution is 2.33. The van der Waals surface area contributed by atoms with Crippen LogP contribution in [0.5, 0.6) is 11.5 Å². The SMILES string of the molecule is CCOC(=O)/C=C/c1ccc(O)c(OC)c1C(C)=O. The maximum atomic E-state index is 11.6. The van der Waals surface area contributed by atoms with Crippen molar-refractivity contribution in [1.29, 1.82) is 0 Å². The first kappa shape index (κ1) is 14.8. The van der Waals surface area contributed by atoms with E-state index in [0.717, 1.165) is 0 Å². The maximum Gasteiger partial charge on any atom is 0.330 e. The van der Waals surface area contributed by atoms with Crippen LogP contribution in [0.4, 0.5) is 0 Å². The van der Waals surface area contributed by atoms with Gasteiger partial charge in [0.2, 0.25) is 0 Å². The fourth-order valence-electron chi connectivity index (χ4n) is 1.64. The summed E-state index contributed by atoms with van der Waals surface area (Å²) in [5, 5.41) is 9.63. The number of rotatable bonds is 5. The Balaban J connectivity index is 3.21. The van der Waals surface area contributed by atoms with E-state index in [9.17, 15) is 14.7 Å². The Morgan fingerprint density at radius 1 is 1.37 bits per heavy atom. The number of benzene rings is 1. The molecule has 0 atom stereocenters. The summed E-state index contributed by atoms with van der Waals surface area (Å²) < 4.78 is 9.76. The van der Waals surface area contributed by atoms with Gasteiger partial charge in [0.25, 0.3) is 0 Å². The van der Waals surface area contributed by atoms with Gasteiger partial charge in [0.1, 0.15) is 0 Å². The van der Waals surface area contributed by atoms with Crippen molar-refractivity contribution in [3.63, 3.8) is 0 Å². The molecule has 0 fully saturated rings. The van der Waals surface area contributed by atoms with Gasteiger partial charge in [-0.1, -0.05) is 6.07 Å². The fourth-order valence-corrected chi connectivity index (χ4v) is 1.64. The highest BCUT2D eigenvalue weighted by molar-refractivity contribution is 6.02. The first-order valence-electron chi connectivity index (χ1n) is 5.77. The van der Waals surface area contributed by atoms with Gasteiger partial charge in [-0.2, -0.15) is 0 Å². The summed E-state index contributed by atoms with van der Waals surface area (Å²) in [7, 11) is 1.36. The van der Waals surface area contributed by atoms with Crippen LogP contribution in [0.15, 0.2) is 18.2 Å². The highest BCUT2D eigenvalue weighted by atomic mass is 16.5. The van der Waals surface area contributed by atoms with Crippen LogP contribution >= 0.6 is 0 Å². The van der Waals surface area contributed by atoms with Gasteiger partial charge in [0.05, 0.1) is 19.3 Å². The average Bonchev–Trinajstić information content (AvgIpc) is 2.36. The predicted molar refractivity (Wildman–Crippen MR) is 70.3 cm³/mol.